The number of rotatable bonds is 8. The summed E-state index contributed by atoms with van der Waals surface area (Å²) in [7, 11) is 7.01. The minimum Gasteiger partial charge on any atom is -0.383 e. The maximum atomic E-state index is 5.93. The summed E-state index contributed by atoms with van der Waals surface area (Å²) in [6.45, 7) is 2.47. The van der Waals surface area contributed by atoms with Crippen molar-refractivity contribution in [2.24, 2.45) is 0 Å². The summed E-state index contributed by atoms with van der Waals surface area (Å²) < 4.78 is 10.2. The second kappa shape index (κ2) is 8.08. The molecule has 0 atom stereocenters. The first-order chi connectivity index (χ1) is 9.08. The molecule has 0 amide bonds. The number of anilines is 2. The lowest BCUT2D eigenvalue weighted by Gasteiger charge is -2.23. The normalized spacial score (nSPS) is 10.6. The monoisotopic (exact) mass is 289 g/mol. The third kappa shape index (κ3) is 5.14. The molecule has 8 heteroatoms. The molecular weight excluding hydrogens is 270 g/mol. The smallest absolute Gasteiger partial charge is 0.231 e. The average Bonchev–Trinajstić information content (AvgIpc) is 2.38. The van der Waals surface area contributed by atoms with Gasteiger partial charge < -0.3 is 19.3 Å². The average molecular weight is 290 g/mol. The molecule has 1 rings (SSSR count). The van der Waals surface area contributed by atoms with E-state index in [2.05, 4.69) is 15.0 Å². The van der Waals surface area contributed by atoms with Gasteiger partial charge in [-0.05, 0) is 11.6 Å². The van der Waals surface area contributed by atoms with Gasteiger partial charge >= 0.3 is 0 Å². The number of hydrogen-bond acceptors (Lipinski definition) is 7. The molecule has 0 unspecified atom stereocenters. The molecule has 0 saturated carbocycles. The largest absolute Gasteiger partial charge is 0.383 e. The van der Waals surface area contributed by atoms with E-state index in [1.54, 1.807) is 19.1 Å². The lowest BCUT2D eigenvalue weighted by molar-refractivity contribution is 0.189. The summed E-state index contributed by atoms with van der Waals surface area (Å²) in [5.74, 6) is 1.05. The summed E-state index contributed by atoms with van der Waals surface area (Å²) in [6, 6.07) is 0. The van der Waals surface area contributed by atoms with Crippen LogP contribution in [0.15, 0.2) is 0 Å². The second-order valence-electron chi connectivity index (χ2n) is 4.07. The van der Waals surface area contributed by atoms with Crippen LogP contribution < -0.4 is 9.80 Å². The fourth-order valence-corrected chi connectivity index (χ4v) is 1.54. The van der Waals surface area contributed by atoms with Crippen molar-refractivity contribution in [2.45, 2.75) is 0 Å². The Morgan fingerprint density at radius 2 is 1.47 bits per heavy atom. The lowest BCUT2D eigenvalue weighted by Crippen LogP contribution is -2.32. The van der Waals surface area contributed by atoms with E-state index in [0.717, 1.165) is 0 Å². The summed E-state index contributed by atoms with van der Waals surface area (Å²) >= 11 is 5.93. The summed E-state index contributed by atoms with van der Waals surface area (Å²) in [5.41, 5.74) is 0. The maximum absolute atomic E-state index is 5.93. The Kier molecular flexibility index (Phi) is 6.75. The van der Waals surface area contributed by atoms with Crippen molar-refractivity contribution in [3.05, 3.63) is 5.28 Å². The highest BCUT2D eigenvalue weighted by Crippen LogP contribution is 2.15. The Morgan fingerprint density at radius 1 is 0.947 bits per heavy atom. The van der Waals surface area contributed by atoms with Crippen molar-refractivity contribution >= 4 is 23.5 Å². The quantitative estimate of drug-likeness (QED) is 0.697. The molecular formula is C11H20ClN5O2. The zero-order chi connectivity index (χ0) is 14.3. The Hall–Kier alpha value is -1.18. The van der Waals surface area contributed by atoms with E-state index in [0.29, 0.717) is 38.2 Å². The number of halogens is 1. The zero-order valence-corrected chi connectivity index (χ0v) is 12.5. The molecule has 0 N–H and O–H groups in total. The first-order valence-corrected chi connectivity index (χ1v) is 6.28. The number of nitrogens with zero attached hydrogens (tertiary/aromatic N) is 5. The molecule has 7 nitrogen and oxygen atoms in total. The zero-order valence-electron chi connectivity index (χ0n) is 11.8. The first-order valence-electron chi connectivity index (χ1n) is 5.90. The molecule has 0 aliphatic rings. The van der Waals surface area contributed by atoms with Crippen molar-refractivity contribution in [3.8, 4) is 0 Å². The molecule has 0 radical (unpaired) electrons. The third-order valence-electron chi connectivity index (χ3n) is 2.40. The first kappa shape index (κ1) is 15.9. The van der Waals surface area contributed by atoms with Gasteiger partial charge in [0.2, 0.25) is 17.2 Å². The molecule has 19 heavy (non-hydrogen) atoms. The summed E-state index contributed by atoms with van der Waals surface area (Å²) in [6.07, 6.45) is 0. The van der Waals surface area contributed by atoms with Crippen molar-refractivity contribution < 1.29 is 9.47 Å². The van der Waals surface area contributed by atoms with Gasteiger partial charge in [-0.15, -0.1) is 0 Å². The Bertz CT molecular complexity index is 383. The van der Waals surface area contributed by atoms with Crippen LogP contribution in [-0.2, 0) is 9.47 Å². The van der Waals surface area contributed by atoms with Gasteiger partial charge in [-0.1, -0.05) is 0 Å². The number of methoxy groups -OCH3 is 2. The van der Waals surface area contributed by atoms with Crippen molar-refractivity contribution in [3.63, 3.8) is 0 Å². The fraction of sp³-hybridized carbons (Fsp3) is 0.727. The van der Waals surface area contributed by atoms with Gasteiger partial charge in [-0.3, -0.25) is 0 Å². The van der Waals surface area contributed by atoms with Crippen LogP contribution in [0, 0.1) is 0 Å². The molecule has 0 fully saturated rings. The Morgan fingerprint density at radius 3 is 1.95 bits per heavy atom. The van der Waals surface area contributed by atoms with Crippen LogP contribution in [0.25, 0.3) is 0 Å². The van der Waals surface area contributed by atoms with Gasteiger partial charge in [0.25, 0.3) is 0 Å². The van der Waals surface area contributed by atoms with Crippen LogP contribution >= 0.6 is 11.6 Å². The van der Waals surface area contributed by atoms with Crippen LogP contribution in [0.5, 0.6) is 0 Å². The summed E-state index contributed by atoms with van der Waals surface area (Å²) in [5, 5.41) is 0.175. The van der Waals surface area contributed by atoms with Gasteiger partial charge in [0.05, 0.1) is 13.2 Å². The van der Waals surface area contributed by atoms with E-state index in [1.165, 1.54) is 0 Å². The van der Waals surface area contributed by atoms with Gasteiger partial charge in [0.15, 0.2) is 0 Å². The van der Waals surface area contributed by atoms with Gasteiger partial charge in [-0.2, -0.15) is 15.0 Å². The van der Waals surface area contributed by atoms with Crippen LogP contribution in [0.2, 0.25) is 5.28 Å². The van der Waals surface area contributed by atoms with E-state index >= 15 is 0 Å². The minimum atomic E-state index is 0.175. The predicted molar refractivity (Wildman–Crippen MR) is 75.1 cm³/mol. The molecule has 1 heterocycles. The molecule has 0 spiro atoms. The maximum Gasteiger partial charge on any atom is 0.231 e. The molecule has 1 aromatic rings. The fourth-order valence-electron chi connectivity index (χ4n) is 1.39. The van der Waals surface area contributed by atoms with Crippen molar-refractivity contribution in [2.75, 3.05) is 64.4 Å². The highest BCUT2D eigenvalue weighted by molar-refractivity contribution is 6.28. The molecule has 0 aliphatic heterocycles. The SMILES string of the molecule is COCCN(CCOC)c1nc(Cl)nc(N(C)C)n1. The minimum absolute atomic E-state index is 0.175. The third-order valence-corrected chi connectivity index (χ3v) is 2.57. The van der Waals surface area contributed by atoms with Gasteiger partial charge in [-0.25, -0.2) is 0 Å². The van der Waals surface area contributed by atoms with Gasteiger partial charge in [0.1, 0.15) is 0 Å². The number of ether oxygens (including phenoxy) is 2. The molecule has 0 aromatic carbocycles. The van der Waals surface area contributed by atoms with Crippen LogP contribution in [0.3, 0.4) is 0 Å². The van der Waals surface area contributed by atoms with E-state index < -0.39 is 0 Å². The van der Waals surface area contributed by atoms with Crippen molar-refractivity contribution in [1.82, 2.24) is 15.0 Å². The Balaban J connectivity index is 2.92. The van der Waals surface area contributed by atoms with Crippen molar-refractivity contribution in [1.29, 1.82) is 0 Å². The standard InChI is InChI=1S/C11H20ClN5O2/c1-16(2)10-13-9(12)14-11(15-10)17(5-7-18-3)6-8-19-4/h5-8H2,1-4H3. The molecule has 0 saturated heterocycles. The second-order valence-corrected chi connectivity index (χ2v) is 4.41. The van der Waals surface area contributed by atoms with Gasteiger partial charge in [0, 0.05) is 41.4 Å². The Labute approximate surface area is 118 Å². The van der Waals surface area contributed by atoms with E-state index in [4.69, 9.17) is 21.1 Å². The molecule has 0 aliphatic carbocycles. The van der Waals surface area contributed by atoms with Crippen LogP contribution in [0.1, 0.15) is 0 Å². The highest BCUT2D eigenvalue weighted by Gasteiger charge is 2.13. The molecule has 0 bridgehead atoms. The summed E-state index contributed by atoms with van der Waals surface area (Å²) in [4.78, 5) is 16.3. The highest BCUT2D eigenvalue weighted by atomic mass is 35.5. The topological polar surface area (TPSA) is 63.6 Å². The molecule has 1 aromatic heterocycles. The van der Waals surface area contributed by atoms with E-state index in [9.17, 15) is 0 Å². The molecule has 108 valence electrons. The number of aromatic nitrogens is 3. The number of hydrogen-bond donors (Lipinski definition) is 0. The van der Waals surface area contributed by atoms with E-state index in [1.807, 2.05) is 19.0 Å². The lowest BCUT2D eigenvalue weighted by atomic mass is 10.5. The predicted octanol–water partition coefficient (Wildman–Crippen LogP) is 0.690. The van der Waals surface area contributed by atoms with E-state index in [-0.39, 0.29) is 5.28 Å². The van der Waals surface area contributed by atoms with Crippen LogP contribution in [0.4, 0.5) is 11.9 Å². The van der Waals surface area contributed by atoms with Crippen LogP contribution in [-0.4, -0.2) is 69.6 Å².